The molecule has 1 aliphatic rings. The number of nitrogens with one attached hydrogen (secondary N) is 2. The molecule has 28 heavy (non-hydrogen) atoms. The van der Waals surface area contributed by atoms with Crippen molar-refractivity contribution in [3.63, 3.8) is 0 Å². The highest BCUT2D eigenvalue weighted by molar-refractivity contribution is 14.0. The van der Waals surface area contributed by atoms with E-state index in [0.29, 0.717) is 29.3 Å². The normalized spacial score (nSPS) is 19.3. The zero-order valence-corrected chi connectivity index (χ0v) is 20.1. The second-order valence-electron chi connectivity index (χ2n) is 6.45. The Kier molecular flexibility index (Phi) is 9.87. The largest absolute Gasteiger partial charge is 0.357 e. The van der Waals surface area contributed by atoms with Crippen molar-refractivity contribution in [2.24, 2.45) is 4.99 Å². The van der Waals surface area contributed by atoms with E-state index in [2.05, 4.69) is 51.4 Å². The van der Waals surface area contributed by atoms with Gasteiger partial charge in [-0.15, -0.1) is 24.0 Å². The summed E-state index contributed by atoms with van der Waals surface area (Å²) >= 11 is 7.97. The van der Waals surface area contributed by atoms with Gasteiger partial charge in [0.2, 0.25) is 11.7 Å². The van der Waals surface area contributed by atoms with Gasteiger partial charge in [-0.25, -0.2) is 4.99 Å². The number of aromatic nitrogens is 2. The maximum Gasteiger partial charge on any atom is 0.248 e. The summed E-state index contributed by atoms with van der Waals surface area (Å²) in [6.45, 7) is 5.44. The standard InChI is InChI=1S/C19H26ClN5OS.HI/c1-3-21-19(23-15-9-10-16(11-15)27-4-2)22-12-17-24-18(25-26-17)13-5-7-14(20)8-6-13;/h5-8,15-16H,3-4,9-12H2,1-2H3,(H2,21,22,23);1H. The second-order valence-corrected chi connectivity index (χ2v) is 8.46. The van der Waals surface area contributed by atoms with E-state index < -0.39 is 0 Å². The molecule has 1 aliphatic carbocycles. The average Bonchev–Trinajstić information content (AvgIpc) is 3.31. The van der Waals surface area contributed by atoms with Crippen molar-refractivity contribution < 1.29 is 4.52 Å². The molecule has 0 bridgehead atoms. The highest BCUT2D eigenvalue weighted by Crippen LogP contribution is 2.29. The zero-order valence-electron chi connectivity index (χ0n) is 16.2. The van der Waals surface area contributed by atoms with Crippen molar-refractivity contribution in [1.82, 2.24) is 20.8 Å². The second kappa shape index (κ2) is 11.9. The number of aliphatic imine (C=N–C) groups is 1. The Morgan fingerprint density at radius 2 is 2.07 bits per heavy atom. The van der Waals surface area contributed by atoms with Gasteiger partial charge >= 0.3 is 0 Å². The van der Waals surface area contributed by atoms with Crippen LogP contribution in [0.2, 0.25) is 5.02 Å². The maximum absolute atomic E-state index is 5.92. The number of benzene rings is 1. The van der Waals surface area contributed by atoms with Crippen LogP contribution in [-0.2, 0) is 6.54 Å². The molecule has 2 N–H and O–H groups in total. The molecule has 0 saturated heterocycles. The number of hydrogen-bond donors (Lipinski definition) is 2. The molecule has 2 unspecified atom stereocenters. The monoisotopic (exact) mass is 535 g/mol. The fraction of sp³-hybridized carbons (Fsp3) is 0.526. The smallest absolute Gasteiger partial charge is 0.248 e. The van der Waals surface area contributed by atoms with E-state index in [1.165, 1.54) is 25.0 Å². The lowest BCUT2D eigenvalue weighted by Crippen LogP contribution is -2.42. The van der Waals surface area contributed by atoms with Gasteiger partial charge in [-0.05, 0) is 56.2 Å². The summed E-state index contributed by atoms with van der Waals surface area (Å²) in [6, 6.07) is 7.83. The molecule has 6 nitrogen and oxygen atoms in total. The first-order valence-corrected chi connectivity index (χ1v) is 10.9. The zero-order chi connectivity index (χ0) is 19.1. The minimum atomic E-state index is 0. The highest BCUT2D eigenvalue weighted by atomic mass is 127. The van der Waals surface area contributed by atoms with Gasteiger partial charge in [0.15, 0.2) is 5.96 Å². The molecular formula is C19H27ClIN5OS. The predicted octanol–water partition coefficient (Wildman–Crippen LogP) is 4.74. The van der Waals surface area contributed by atoms with Gasteiger partial charge in [0.1, 0.15) is 6.54 Å². The summed E-state index contributed by atoms with van der Waals surface area (Å²) < 4.78 is 5.34. The first-order valence-electron chi connectivity index (χ1n) is 9.43. The van der Waals surface area contributed by atoms with Gasteiger partial charge in [-0.1, -0.05) is 23.7 Å². The third-order valence-electron chi connectivity index (χ3n) is 4.41. The Hall–Kier alpha value is -1.000. The predicted molar refractivity (Wildman–Crippen MR) is 128 cm³/mol. The number of hydrogen-bond acceptors (Lipinski definition) is 5. The van der Waals surface area contributed by atoms with Crippen molar-refractivity contribution in [2.75, 3.05) is 12.3 Å². The summed E-state index contributed by atoms with van der Waals surface area (Å²) in [4.78, 5) is 9.03. The molecule has 9 heteroatoms. The number of guanidine groups is 1. The quantitative estimate of drug-likeness (QED) is 0.303. The Morgan fingerprint density at radius 1 is 1.29 bits per heavy atom. The van der Waals surface area contributed by atoms with E-state index in [4.69, 9.17) is 16.1 Å². The fourth-order valence-corrected chi connectivity index (χ4v) is 4.42. The van der Waals surface area contributed by atoms with Crippen molar-refractivity contribution >= 4 is 53.3 Å². The Bertz CT molecular complexity index is 755. The molecule has 0 aliphatic heterocycles. The summed E-state index contributed by atoms with van der Waals surface area (Å²) in [5, 5.41) is 12.3. The summed E-state index contributed by atoms with van der Waals surface area (Å²) in [6.07, 6.45) is 3.64. The van der Waals surface area contributed by atoms with Crippen LogP contribution in [0.1, 0.15) is 39.0 Å². The molecule has 1 aromatic heterocycles. The molecule has 3 rings (SSSR count). The van der Waals surface area contributed by atoms with Crippen LogP contribution < -0.4 is 10.6 Å². The van der Waals surface area contributed by atoms with Gasteiger partial charge in [-0.3, -0.25) is 0 Å². The van der Waals surface area contributed by atoms with Crippen molar-refractivity contribution in [1.29, 1.82) is 0 Å². The van der Waals surface area contributed by atoms with Gasteiger partial charge in [0, 0.05) is 28.4 Å². The van der Waals surface area contributed by atoms with Crippen molar-refractivity contribution in [2.45, 2.75) is 50.9 Å². The number of halogens is 2. The van der Waals surface area contributed by atoms with E-state index in [-0.39, 0.29) is 24.0 Å². The van der Waals surface area contributed by atoms with E-state index in [9.17, 15) is 0 Å². The third kappa shape index (κ3) is 6.81. The van der Waals surface area contributed by atoms with Gasteiger partial charge in [-0.2, -0.15) is 16.7 Å². The number of nitrogens with zero attached hydrogens (tertiary/aromatic N) is 3. The van der Waals surface area contributed by atoms with Crippen LogP contribution in [0, 0.1) is 0 Å². The van der Waals surface area contributed by atoms with Crippen LogP contribution in [0.3, 0.4) is 0 Å². The Labute approximate surface area is 192 Å². The van der Waals surface area contributed by atoms with Crippen LogP contribution in [0.4, 0.5) is 0 Å². The van der Waals surface area contributed by atoms with E-state index in [1.54, 1.807) is 0 Å². The molecule has 2 aromatic rings. The van der Waals surface area contributed by atoms with Gasteiger partial charge in [0.05, 0.1) is 0 Å². The van der Waals surface area contributed by atoms with Crippen LogP contribution in [0.15, 0.2) is 33.8 Å². The first kappa shape index (κ1) is 23.3. The van der Waals surface area contributed by atoms with Gasteiger partial charge < -0.3 is 15.2 Å². The molecular weight excluding hydrogens is 509 g/mol. The summed E-state index contributed by atoms with van der Waals surface area (Å²) in [5.41, 5.74) is 0.869. The van der Waals surface area contributed by atoms with Crippen LogP contribution in [0.25, 0.3) is 11.4 Å². The minimum absolute atomic E-state index is 0. The molecule has 0 amide bonds. The van der Waals surface area contributed by atoms with E-state index in [1.807, 2.05) is 24.3 Å². The minimum Gasteiger partial charge on any atom is -0.357 e. The lowest BCUT2D eigenvalue weighted by atomic mass is 10.2. The Morgan fingerprint density at radius 3 is 2.79 bits per heavy atom. The lowest BCUT2D eigenvalue weighted by molar-refractivity contribution is 0.380. The Balaban J connectivity index is 0.00000280. The molecule has 154 valence electrons. The first-order chi connectivity index (χ1) is 13.2. The van der Waals surface area contributed by atoms with E-state index >= 15 is 0 Å². The fourth-order valence-electron chi connectivity index (χ4n) is 3.15. The third-order valence-corrected chi connectivity index (χ3v) is 5.90. The van der Waals surface area contributed by atoms with E-state index in [0.717, 1.165) is 23.3 Å². The lowest BCUT2D eigenvalue weighted by Gasteiger charge is -2.17. The van der Waals surface area contributed by atoms with Crippen LogP contribution >= 0.6 is 47.3 Å². The molecule has 1 heterocycles. The molecule has 2 atom stereocenters. The van der Waals surface area contributed by atoms with Crippen molar-refractivity contribution in [3.8, 4) is 11.4 Å². The molecule has 1 aromatic carbocycles. The van der Waals surface area contributed by atoms with Crippen LogP contribution in [0.5, 0.6) is 0 Å². The molecule has 0 radical (unpaired) electrons. The SMILES string of the molecule is CCNC(=NCc1nc(-c2ccc(Cl)cc2)no1)NC1CCC(SCC)C1.I. The number of thioether (sulfide) groups is 1. The van der Waals surface area contributed by atoms with Gasteiger partial charge in [0.25, 0.3) is 0 Å². The molecule has 0 spiro atoms. The summed E-state index contributed by atoms with van der Waals surface area (Å²) in [5.74, 6) is 3.02. The molecule has 1 fully saturated rings. The maximum atomic E-state index is 5.92. The molecule has 1 saturated carbocycles. The highest BCUT2D eigenvalue weighted by Gasteiger charge is 2.25. The summed E-state index contributed by atoms with van der Waals surface area (Å²) in [7, 11) is 0. The average molecular weight is 536 g/mol. The topological polar surface area (TPSA) is 75.3 Å². The number of rotatable bonds is 7. The van der Waals surface area contributed by atoms with Crippen molar-refractivity contribution in [3.05, 3.63) is 35.2 Å². The van der Waals surface area contributed by atoms with Crippen LogP contribution in [-0.4, -0.2) is 39.7 Å².